The van der Waals surface area contributed by atoms with Gasteiger partial charge in [0.25, 0.3) is 11.1 Å². The molecule has 3 aromatic heterocycles. The standard InChI is InChI=1S/C19H19N9O2S/c29-17-13(31-19(30)27-17)7-12-1-4-20-18(26-12)28-5-2-11(3-6-28)8-21-15-14-16(23-9-22-14)25-10-24-15/h1,4,7,9-11H,2-3,5-6,8H2,(H,27,29,30)(H2,21,22,23,24,25)/b13-7+. The van der Waals surface area contributed by atoms with Crippen LogP contribution in [0.25, 0.3) is 17.2 Å². The van der Waals surface area contributed by atoms with Gasteiger partial charge in [0.05, 0.1) is 16.9 Å². The first-order valence-electron chi connectivity index (χ1n) is 9.86. The number of hydrogen-bond acceptors (Lipinski definition) is 10. The maximum Gasteiger partial charge on any atom is 0.290 e. The van der Waals surface area contributed by atoms with Crippen LogP contribution in [0.4, 0.5) is 16.6 Å². The number of imide groups is 1. The Labute approximate surface area is 181 Å². The highest BCUT2D eigenvalue weighted by atomic mass is 32.2. The average molecular weight is 437 g/mol. The molecule has 0 radical (unpaired) electrons. The summed E-state index contributed by atoms with van der Waals surface area (Å²) in [6.45, 7) is 2.49. The maximum atomic E-state index is 11.7. The minimum Gasteiger partial charge on any atom is -0.368 e. The summed E-state index contributed by atoms with van der Waals surface area (Å²) < 4.78 is 0. The van der Waals surface area contributed by atoms with Gasteiger partial charge in [-0.1, -0.05) is 0 Å². The Morgan fingerprint density at radius 1 is 1.19 bits per heavy atom. The van der Waals surface area contributed by atoms with Gasteiger partial charge in [-0.15, -0.1) is 0 Å². The van der Waals surface area contributed by atoms with Crippen LogP contribution in [0.1, 0.15) is 18.5 Å². The molecule has 2 aliphatic heterocycles. The zero-order valence-electron chi connectivity index (χ0n) is 16.4. The van der Waals surface area contributed by atoms with Crippen molar-refractivity contribution in [3.05, 3.63) is 35.5 Å². The molecule has 11 nitrogen and oxygen atoms in total. The van der Waals surface area contributed by atoms with Gasteiger partial charge in [-0.3, -0.25) is 14.9 Å². The number of aromatic nitrogens is 6. The summed E-state index contributed by atoms with van der Waals surface area (Å²) in [5.74, 6) is 1.51. The van der Waals surface area contributed by atoms with E-state index in [1.165, 1.54) is 6.33 Å². The number of rotatable bonds is 5. The number of fused-ring (bicyclic) bond motifs is 1. The van der Waals surface area contributed by atoms with Gasteiger partial charge < -0.3 is 15.2 Å². The number of nitrogens with zero attached hydrogens (tertiary/aromatic N) is 6. The number of aromatic amines is 1. The molecule has 0 bridgehead atoms. The minimum absolute atomic E-state index is 0.343. The Hall–Kier alpha value is -3.54. The van der Waals surface area contributed by atoms with Crippen molar-refractivity contribution in [3.8, 4) is 0 Å². The highest BCUT2D eigenvalue weighted by Crippen LogP contribution is 2.26. The number of imidazole rings is 1. The average Bonchev–Trinajstić information content (AvgIpc) is 3.39. The van der Waals surface area contributed by atoms with E-state index in [1.54, 1.807) is 24.7 Å². The Bertz CT molecular complexity index is 1170. The lowest BCUT2D eigenvalue weighted by Gasteiger charge is -2.32. The van der Waals surface area contributed by atoms with E-state index in [2.05, 4.69) is 45.4 Å². The third kappa shape index (κ3) is 4.19. The Balaban J connectivity index is 1.19. The van der Waals surface area contributed by atoms with Crippen LogP contribution in [-0.4, -0.2) is 60.7 Å². The zero-order valence-corrected chi connectivity index (χ0v) is 17.2. The van der Waals surface area contributed by atoms with Crippen LogP contribution < -0.4 is 15.5 Å². The van der Waals surface area contributed by atoms with Crippen molar-refractivity contribution in [2.24, 2.45) is 5.92 Å². The number of H-pyrrole nitrogens is 1. The maximum absolute atomic E-state index is 11.7. The normalized spacial score (nSPS) is 18.7. The molecule has 12 heteroatoms. The number of carbonyl (C=O) groups excluding carboxylic acids is 2. The second-order valence-corrected chi connectivity index (χ2v) is 8.28. The summed E-state index contributed by atoms with van der Waals surface area (Å²) >= 11 is 0.880. The van der Waals surface area contributed by atoms with Gasteiger partial charge in [0.2, 0.25) is 5.95 Å². The number of piperidine rings is 1. The van der Waals surface area contributed by atoms with Gasteiger partial charge in [0.15, 0.2) is 11.5 Å². The quantitative estimate of drug-likeness (QED) is 0.506. The summed E-state index contributed by atoms with van der Waals surface area (Å²) in [4.78, 5) is 50.1. The third-order valence-corrected chi connectivity index (χ3v) is 6.07. The van der Waals surface area contributed by atoms with Crippen LogP contribution in [0, 0.1) is 5.92 Å². The van der Waals surface area contributed by atoms with Gasteiger partial charge >= 0.3 is 0 Å². The topological polar surface area (TPSA) is 142 Å². The molecule has 2 aliphatic rings. The second kappa shape index (κ2) is 8.30. The summed E-state index contributed by atoms with van der Waals surface area (Å²) in [5.41, 5.74) is 2.07. The fraction of sp³-hybridized carbons (Fsp3) is 0.316. The van der Waals surface area contributed by atoms with E-state index >= 15 is 0 Å². The van der Waals surface area contributed by atoms with Gasteiger partial charge in [0.1, 0.15) is 11.8 Å². The van der Waals surface area contributed by atoms with Gasteiger partial charge in [-0.2, -0.15) is 0 Å². The van der Waals surface area contributed by atoms with Crippen molar-refractivity contribution in [1.82, 2.24) is 35.2 Å². The van der Waals surface area contributed by atoms with E-state index in [-0.39, 0.29) is 11.1 Å². The summed E-state index contributed by atoms with van der Waals surface area (Å²) in [6, 6.07) is 1.72. The molecule has 0 atom stereocenters. The van der Waals surface area contributed by atoms with E-state index in [1.807, 2.05) is 0 Å². The number of carbonyl (C=O) groups is 2. The smallest absolute Gasteiger partial charge is 0.290 e. The fourth-order valence-electron chi connectivity index (χ4n) is 3.63. The van der Waals surface area contributed by atoms with Crippen LogP contribution >= 0.6 is 11.8 Å². The van der Waals surface area contributed by atoms with E-state index in [9.17, 15) is 9.59 Å². The zero-order chi connectivity index (χ0) is 21.2. The van der Waals surface area contributed by atoms with Crippen molar-refractivity contribution in [3.63, 3.8) is 0 Å². The van der Waals surface area contributed by atoms with Gasteiger partial charge in [-0.25, -0.2) is 24.9 Å². The molecule has 0 aromatic carbocycles. The van der Waals surface area contributed by atoms with Crippen LogP contribution in [0.2, 0.25) is 0 Å². The molecular formula is C19H19N9O2S. The predicted molar refractivity (Wildman–Crippen MR) is 116 cm³/mol. The van der Waals surface area contributed by atoms with Crippen LogP contribution in [0.15, 0.2) is 29.8 Å². The lowest BCUT2D eigenvalue weighted by molar-refractivity contribution is -0.115. The highest BCUT2D eigenvalue weighted by molar-refractivity contribution is 8.18. The molecule has 0 saturated carbocycles. The molecular weight excluding hydrogens is 418 g/mol. The minimum atomic E-state index is -0.389. The molecule has 2 saturated heterocycles. The molecule has 0 unspecified atom stereocenters. The Kier molecular flexibility index (Phi) is 5.20. The monoisotopic (exact) mass is 437 g/mol. The summed E-state index contributed by atoms with van der Waals surface area (Å²) in [6.07, 6.45) is 8.40. The molecule has 0 aliphatic carbocycles. The van der Waals surface area contributed by atoms with Crippen LogP contribution in [0.5, 0.6) is 0 Å². The van der Waals surface area contributed by atoms with Gasteiger partial charge in [-0.05, 0) is 42.7 Å². The number of anilines is 2. The number of hydrogen-bond donors (Lipinski definition) is 3. The van der Waals surface area contributed by atoms with Crippen LogP contribution in [0.3, 0.4) is 0 Å². The Morgan fingerprint density at radius 2 is 2.06 bits per heavy atom. The van der Waals surface area contributed by atoms with E-state index in [0.717, 1.165) is 55.6 Å². The summed E-state index contributed by atoms with van der Waals surface area (Å²) in [7, 11) is 0. The van der Waals surface area contributed by atoms with E-state index in [4.69, 9.17) is 0 Å². The molecule has 5 rings (SSSR count). The first-order chi connectivity index (χ1) is 15.2. The van der Waals surface area contributed by atoms with Crippen molar-refractivity contribution >= 4 is 51.9 Å². The second-order valence-electron chi connectivity index (χ2n) is 7.27. The molecule has 2 amide bonds. The largest absolute Gasteiger partial charge is 0.368 e. The first kappa shape index (κ1) is 19.4. The predicted octanol–water partition coefficient (Wildman–Crippen LogP) is 1.80. The molecule has 3 N–H and O–H groups in total. The van der Waals surface area contributed by atoms with Crippen LogP contribution in [-0.2, 0) is 4.79 Å². The molecule has 31 heavy (non-hydrogen) atoms. The molecule has 158 valence electrons. The van der Waals surface area contributed by atoms with Crippen molar-refractivity contribution in [2.75, 3.05) is 29.9 Å². The molecule has 2 fully saturated rings. The SMILES string of the molecule is O=C1NC(=O)/C(=C\c2ccnc(N3CCC(CNc4ncnc5nc[nH]c45)CC3)n2)S1. The first-order valence-corrected chi connectivity index (χ1v) is 10.7. The van der Waals surface area contributed by atoms with Crippen molar-refractivity contribution in [2.45, 2.75) is 12.8 Å². The number of thioether (sulfide) groups is 1. The molecule has 5 heterocycles. The molecule has 0 spiro atoms. The van der Waals surface area contributed by atoms with Crippen molar-refractivity contribution < 1.29 is 9.59 Å². The lowest BCUT2D eigenvalue weighted by Crippen LogP contribution is -2.37. The number of nitrogens with one attached hydrogen (secondary N) is 3. The van der Waals surface area contributed by atoms with E-state index in [0.29, 0.717) is 28.1 Å². The number of amides is 2. The van der Waals surface area contributed by atoms with Crippen molar-refractivity contribution in [1.29, 1.82) is 0 Å². The van der Waals surface area contributed by atoms with Gasteiger partial charge in [0, 0.05) is 25.8 Å². The third-order valence-electron chi connectivity index (χ3n) is 5.26. The van der Waals surface area contributed by atoms with E-state index < -0.39 is 0 Å². The highest BCUT2D eigenvalue weighted by Gasteiger charge is 2.26. The fourth-order valence-corrected chi connectivity index (χ4v) is 4.29. The molecule has 3 aromatic rings. The Morgan fingerprint density at radius 3 is 2.87 bits per heavy atom. The lowest BCUT2D eigenvalue weighted by atomic mass is 9.97. The summed E-state index contributed by atoms with van der Waals surface area (Å²) in [5, 5.41) is 5.29.